The second-order valence-electron chi connectivity index (χ2n) is 3.84. The third-order valence-corrected chi connectivity index (χ3v) is 3.65. The molecular formula is C14H19F3OS. The van der Waals surface area contributed by atoms with E-state index in [1.54, 1.807) is 6.92 Å². The summed E-state index contributed by atoms with van der Waals surface area (Å²) >= 11 is 1.39. The zero-order valence-corrected chi connectivity index (χ0v) is 12.4. The maximum Gasteiger partial charge on any atom is 0.416 e. The van der Waals surface area contributed by atoms with Crippen LogP contribution in [0.25, 0.3) is 0 Å². The standard InChI is InChI=1S/C12H13F3OS.C2H6/c1-8(9(2)16)7-17-11-5-3-10(4-6-11)12(13,14)15;1-2/h3-6,8H,7H2,1-2H3;1-2H3. The zero-order valence-electron chi connectivity index (χ0n) is 11.5. The summed E-state index contributed by atoms with van der Waals surface area (Å²) in [7, 11) is 0. The van der Waals surface area contributed by atoms with E-state index in [0.29, 0.717) is 5.75 Å². The first-order valence-corrected chi connectivity index (χ1v) is 7.10. The first kappa shape index (κ1) is 18.0. The summed E-state index contributed by atoms with van der Waals surface area (Å²) in [5.74, 6) is 0.590. The van der Waals surface area contributed by atoms with Gasteiger partial charge in [-0.1, -0.05) is 20.8 Å². The van der Waals surface area contributed by atoms with Crippen molar-refractivity contribution in [3.05, 3.63) is 29.8 Å². The minimum atomic E-state index is -4.30. The van der Waals surface area contributed by atoms with Crippen LogP contribution in [-0.2, 0) is 11.0 Å². The molecule has 1 nitrogen and oxygen atoms in total. The Hall–Kier alpha value is -0.970. The number of ketones is 1. The summed E-state index contributed by atoms with van der Waals surface area (Å²) in [5.41, 5.74) is -0.651. The van der Waals surface area contributed by atoms with Gasteiger partial charge in [-0.25, -0.2) is 0 Å². The molecule has 0 N–H and O–H groups in total. The van der Waals surface area contributed by atoms with Gasteiger partial charge in [0, 0.05) is 16.6 Å². The van der Waals surface area contributed by atoms with Crippen LogP contribution in [0, 0.1) is 5.92 Å². The van der Waals surface area contributed by atoms with Crippen molar-refractivity contribution >= 4 is 17.5 Å². The van der Waals surface area contributed by atoms with Crippen molar-refractivity contribution in [3.8, 4) is 0 Å². The van der Waals surface area contributed by atoms with Crippen molar-refractivity contribution < 1.29 is 18.0 Å². The quantitative estimate of drug-likeness (QED) is 0.722. The van der Waals surface area contributed by atoms with Gasteiger partial charge in [-0.15, -0.1) is 11.8 Å². The van der Waals surface area contributed by atoms with Crippen LogP contribution in [-0.4, -0.2) is 11.5 Å². The molecule has 0 amide bonds. The van der Waals surface area contributed by atoms with Gasteiger partial charge in [0.1, 0.15) is 5.78 Å². The maximum atomic E-state index is 12.3. The molecule has 0 fully saturated rings. The van der Waals surface area contributed by atoms with Gasteiger partial charge < -0.3 is 0 Å². The molecule has 1 aromatic rings. The Balaban J connectivity index is 0.00000154. The molecule has 0 bridgehead atoms. The molecule has 0 radical (unpaired) electrons. The fraction of sp³-hybridized carbons (Fsp3) is 0.500. The number of carbonyl (C=O) groups is 1. The highest BCUT2D eigenvalue weighted by Gasteiger charge is 2.29. The van der Waals surface area contributed by atoms with E-state index in [-0.39, 0.29) is 11.7 Å². The third-order valence-electron chi connectivity index (χ3n) is 2.38. The number of benzene rings is 1. The maximum absolute atomic E-state index is 12.3. The molecule has 1 atom stereocenters. The molecule has 0 aliphatic carbocycles. The van der Waals surface area contributed by atoms with Gasteiger partial charge in [0.15, 0.2) is 0 Å². The number of halogens is 3. The SMILES string of the molecule is CC.CC(=O)C(C)CSc1ccc(C(F)(F)F)cc1. The van der Waals surface area contributed by atoms with Crippen molar-refractivity contribution in [2.24, 2.45) is 5.92 Å². The highest BCUT2D eigenvalue weighted by Crippen LogP contribution is 2.31. The average Bonchev–Trinajstić information content (AvgIpc) is 2.37. The van der Waals surface area contributed by atoms with E-state index in [2.05, 4.69) is 0 Å². The van der Waals surface area contributed by atoms with Crippen molar-refractivity contribution in [1.29, 1.82) is 0 Å². The summed E-state index contributed by atoms with van der Waals surface area (Å²) < 4.78 is 36.9. The third kappa shape index (κ3) is 6.66. The van der Waals surface area contributed by atoms with Crippen LogP contribution < -0.4 is 0 Å². The molecule has 1 aromatic carbocycles. The smallest absolute Gasteiger partial charge is 0.300 e. The van der Waals surface area contributed by atoms with Gasteiger partial charge in [-0.2, -0.15) is 13.2 Å². The van der Waals surface area contributed by atoms with Crippen molar-refractivity contribution in [1.82, 2.24) is 0 Å². The van der Waals surface area contributed by atoms with E-state index >= 15 is 0 Å². The molecule has 0 saturated heterocycles. The number of hydrogen-bond acceptors (Lipinski definition) is 2. The molecule has 0 spiro atoms. The lowest BCUT2D eigenvalue weighted by Crippen LogP contribution is -2.08. The number of rotatable bonds is 4. The number of hydrogen-bond donors (Lipinski definition) is 0. The van der Waals surface area contributed by atoms with Gasteiger partial charge in [0.25, 0.3) is 0 Å². The summed E-state index contributed by atoms with van der Waals surface area (Å²) in [6.45, 7) is 7.32. The van der Waals surface area contributed by atoms with Crippen molar-refractivity contribution in [2.45, 2.75) is 38.8 Å². The Bertz CT molecular complexity index is 385. The monoisotopic (exact) mass is 292 g/mol. The number of carbonyl (C=O) groups excluding carboxylic acids is 1. The van der Waals surface area contributed by atoms with Gasteiger partial charge in [-0.3, -0.25) is 4.79 Å². The second kappa shape index (κ2) is 8.25. The number of thioether (sulfide) groups is 1. The van der Waals surface area contributed by atoms with Gasteiger partial charge in [0.05, 0.1) is 5.56 Å². The fourth-order valence-electron chi connectivity index (χ4n) is 1.08. The first-order chi connectivity index (χ1) is 8.80. The zero-order chi connectivity index (χ0) is 15.1. The minimum Gasteiger partial charge on any atom is -0.300 e. The van der Waals surface area contributed by atoms with Crippen LogP contribution in [0.3, 0.4) is 0 Å². The molecular weight excluding hydrogens is 273 g/mol. The van der Waals surface area contributed by atoms with Gasteiger partial charge in [-0.05, 0) is 31.2 Å². The van der Waals surface area contributed by atoms with Crippen LogP contribution in [0.2, 0.25) is 0 Å². The predicted octanol–water partition coefficient (Wildman–Crippen LogP) is 5.05. The lowest BCUT2D eigenvalue weighted by molar-refractivity contribution is -0.137. The Morgan fingerprint density at radius 3 is 2.05 bits per heavy atom. The lowest BCUT2D eigenvalue weighted by atomic mass is 10.1. The number of alkyl halides is 3. The minimum absolute atomic E-state index is 0.0812. The van der Waals surface area contributed by atoms with Crippen LogP contribution >= 0.6 is 11.8 Å². The van der Waals surface area contributed by atoms with Crippen LogP contribution in [0.4, 0.5) is 13.2 Å². The Morgan fingerprint density at radius 1 is 1.21 bits per heavy atom. The largest absolute Gasteiger partial charge is 0.416 e. The Kier molecular flexibility index (Phi) is 7.83. The first-order valence-electron chi connectivity index (χ1n) is 6.11. The van der Waals surface area contributed by atoms with E-state index in [4.69, 9.17) is 0 Å². The average molecular weight is 292 g/mol. The molecule has 0 aliphatic heterocycles. The molecule has 0 aliphatic rings. The fourth-order valence-corrected chi connectivity index (χ4v) is 2.08. The second-order valence-corrected chi connectivity index (χ2v) is 4.94. The van der Waals surface area contributed by atoms with E-state index in [1.807, 2.05) is 13.8 Å². The summed E-state index contributed by atoms with van der Waals surface area (Å²) in [5, 5.41) is 0. The summed E-state index contributed by atoms with van der Waals surface area (Å²) in [6, 6.07) is 4.97. The predicted molar refractivity (Wildman–Crippen MR) is 73.4 cm³/mol. The molecule has 19 heavy (non-hydrogen) atoms. The van der Waals surface area contributed by atoms with Crippen molar-refractivity contribution in [3.63, 3.8) is 0 Å². The van der Waals surface area contributed by atoms with Crippen LogP contribution in [0.5, 0.6) is 0 Å². The molecule has 5 heteroatoms. The molecule has 1 unspecified atom stereocenters. The van der Waals surface area contributed by atoms with Crippen LogP contribution in [0.15, 0.2) is 29.2 Å². The van der Waals surface area contributed by atoms with Crippen LogP contribution in [0.1, 0.15) is 33.3 Å². The molecule has 108 valence electrons. The highest BCUT2D eigenvalue weighted by atomic mass is 32.2. The molecule has 0 aromatic heterocycles. The number of Topliss-reactive ketones (excluding diaryl/α,β-unsaturated/α-hetero) is 1. The molecule has 0 heterocycles. The Morgan fingerprint density at radius 2 is 1.68 bits per heavy atom. The lowest BCUT2D eigenvalue weighted by Gasteiger charge is -2.09. The summed E-state index contributed by atoms with van der Waals surface area (Å²) in [4.78, 5) is 11.7. The summed E-state index contributed by atoms with van der Waals surface area (Å²) in [6.07, 6.45) is -4.30. The van der Waals surface area contributed by atoms with Gasteiger partial charge >= 0.3 is 6.18 Å². The normalized spacial score (nSPS) is 12.4. The van der Waals surface area contributed by atoms with E-state index in [9.17, 15) is 18.0 Å². The highest BCUT2D eigenvalue weighted by molar-refractivity contribution is 7.99. The van der Waals surface area contributed by atoms with Crippen molar-refractivity contribution in [2.75, 3.05) is 5.75 Å². The molecule has 1 rings (SSSR count). The van der Waals surface area contributed by atoms with E-state index in [0.717, 1.165) is 17.0 Å². The van der Waals surface area contributed by atoms with E-state index in [1.165, 1.54) is 30.8 Å². The Labute approximate surface area is 116 Å². The molecule has 0 saturated carbocycles. The van der Waals surface area contributed by atoms with E-state index < -0.39 is 11.7 Å². The topological polar surface area (TPSA) is 17.1 Å². The van der Waals surface area contributed by atoms with Gasteiger partial charge in [0.2, 0.25) is 0 Å².